The molecule has 2 heterocycles. The van der Waals surface area contributed by atoms with E-state index in [-0.39, 0.29) is 41.7 Å². The SMILES string of the molecule is COc1ccc(C(=O)/C=C/c2ccccc2OCc2cn(CC(O)COC3=C(C)C(=O)SC3C)nn2)c(OC)c1OC. The number of rotatable bonds is 14. The molecule has 2 aromatic carbocycles. The van der Waals surface area contributed by atoms with Crippen LogP contribution in [0, 0.1) is 0 Å². The molecule has 42 heavy (non-hydrogen) atoms. The number of hydrogen-bond acceptors (Lipinski definition) is 11. The second-order valence-corrected chi connectivity index (χ2v) is 10.7. The van der Waals surface area contributed by atoms with E-state index in [4.69, 9.17) is 23.7 Å². The van der Waals surface area contributed by atoms with Gasteiger partial charge in [0.05, 0.1) is 44.9 Å². The van der Waals surface area contributed by atoms with Crippen molar-refractivity contribution in [3.05, 3.63) is 76.8 Å². The predicted octanol–water partition coefficient (Wildman–Crippen LogP) is 4.09. The average Bonchev–Trinajstić information content (AvgIpc) is 3.54. The summed E-state index contributed by atoms with van der Waals surface area (Å²) in [6.45, 7) is 3.94. The zero-order valence-electron chi connectivity index (χ0n) is 24.0. The highest BCUT2D eigenvalue weighted by atomic mass is 32.2. The molecule has 222 valence electrons. The molecule has 0 aliphatic carbocycles. The second kappa shape index (κ2) is 14.1. The highest BCUT2D eigenvalue weighted by Crippen LogP contribution is 2.40. The molecule has 0 fully saturated rings. The van der Waals surface area contributed by atoms with Gasteiger partial charge in [0, 0.05) is 11.1 Å². The Hall–Kier alpha value is -4.29. The Morgan fingerprint density at radius 1 is 1.07 bits per heavy atom. The largest absolute Gasteiger partial charge is 0.494 e. The number of allylic oxidation sites excluding steroid dienone is 1. The van der Waals surface area contributed by atoms with Crippen molar-refractivity contribution < 1.29 is 38.4 Å². The van der Waals surface area contributed by atoms with E-state index in [1.165, 1.54) is 43.8 Å². The third kappa shape index (κ3) is 7.12. The molecule has 12 heteroatoms. The number of aromatic nitrogens is 3. The van der Waals surface area contributed by atoms with Crippen molar-refractivity contribution in [2.75, 3.05) is 27.9 Å². The summed E-state index contributed by atoms with van der Waals surface area (Å²) in [5.41, 5.74) is 2.15. The van der Waals surface area contributed by atoms with Crippen molar-refractivity contribution >= 4 is 28.7 Å². The van der Waals surface area contributed by atoms with E-state index in [1.807, 2.05) is 25.1 Å². The van der Waals surface area contributed by atoms with Crippen LogP contribution < -0.4 is 18.9 Å². The molecule has 11 nitrogen and oxygen atoms in total. The lowest BCUT2D eigenvalue weighted by Gasteiger charge is -2.15. The number of aliphatic hydroxyl groups is 1. The standard InChI is InChI=1S/C30H33N3O8S/c1-18-27(19(2)42-30(18)36)41-17-22(34)15-33-14-21(31-32-33)16-40-25-9-7-6-8-20(25)10-12-24(35)23-11-13-26(37-3)29(39-5)28(23)38-4/h6-14,19,22,34H,15-17H2,1-5H3/b12-10+. The maximum atomic E-state index is 13.0. The molecular formula is C30H33N3O8S. The van der Waals surface area contributed by atoms with Gasteiger partial charge >= 0.3 is 0 Å². The van der Waals surface area contributed by atoms with Crippen LogP contribution in [0.4, 0.5) is 0 Å². The fourth-order valence-corrected chi connectivity index (χ4v) is 5.28. The molecule has 0 radical (unpaired) electrons. The number of nitrogens with zero attached hydrogens (tertiary/aromatic N) is 3. The molecule has 2 unspecified atom stereocenters. The minimum Gasteiger partial charge on any atom is -0.494 e. The number of para-hydroxylation sites is 1. The lowest BCUT2D eigenvalue weighted by molar-refractivity contribution is -0.107. The lowest BCUT2D eigenvalue weighted by Crippen LogP contribution is -2.23. The number of carbonyl (C=O) groups excluding carboxylic acids is 2. The van der Waals surface area contributed by atoms with Gasteiger partial charge in [0.1, 0.15) is 36.5 Å². The number of aliphatic hydroxyl groups excluding tert-OH is 1. The van der Waals surface area contributed by atoms with Crippen molar-refractivity contribution in [2.24, 2.45) is 0 Å². The van der Waals surface area contributed by atoms with E-state index in [2.05, 4.69) is 10.3 Å². The molecule has 2 atom stereocenters. The van der Waals surface area contributed by atoms with Crippen LogP contribution in [0.15, 0.2) is 60.0 Å². The molecule has 0 spiro atoms. The van der Waals surface area contributed by atoms with Crippen molar-refractivity contribution in [1.29, 1.82) is 0 Å². The van der Waals surface area contributed by atoms with Gasteiger partial charge in [0.25, 0.3) is 0 Å². The maximum Gasteiger partial charge on any atom is 0.219 e. The summed E-state index contributed by atoms with van der Waals surface area (Å²) >= 11 is 1.21. The highest BCUT2D eigenvalue weighted by Gasteiger charge is 2.29. The number of benzene rings is 2. The number of ether oxygens (including phenoxy) is 5. The van der Waals surface area contributed by atoms with Crippen molar-refractivity contribution in [2.45, 2.75) is 38.4 Å². The van der Waals surface area contributed by atoms with Crippen molar-refractivity contribution in [3.63, 3.8) is 0 Å². The minimum absolute atomic E-state index is 0.00490. The zero-order chi connectivity index (χ0) is 30.2. The van der Waals surface area contributed by atoms with Gasteiger partial charge in [0.2, 0.25) is 10.9 Å². The number of hydrogen-bond donors (Lipinski definition) is 1. The summed E-state index contributed by atoms with van der Waals surface area (Å²) in [6, 6.07) is 10.5. The smallest absolute Gasteiger partial charge is 0.219 e. The summed E-state index contributed by atoms with van der Waals surface area (Å²) in [5.74, 6) is 1.94. The van der Waals surface area contributed by atoms with E-state index in [0.29, 0.717) is 45.4 Å². The summed E-state index contributed by atoms with van der Waals surface area (Å²) in [5, 5.41) is 18.5. The second-order valence-electron chi connectivity index (χ2n) is 9.34. The first-order valence-corrected chi connectivity index (χ1v) is 14.0. The Labute approximate surface area is 248 Å². The van der Waals surface area contributed by atoms with Crippen molar-refractivity contribution in [3.8, 4) is 23.0 Å². The summed E-state index contributed by atoms with van der Waals surface area (Å²) in [7, 11) is 4.45. The third-order valence-corrected chi connectivity index (χ3v) is 7.51. The number of carbonyl (C=O) groups is 2. The maximum absolute atomic E-state index is 13.0. The van der Waals surface area contributed by atoms with Gasteiger partial charge in [-0.2, -0.15) is 0 Å². The number of methoxy groups -OCH3 is 3. The predicted molar refractivity (Wildman–Crippen MR) is 157 cm³/mol. The van der Waals surface area contributed by atoms with Crippen LogP contribution in [-0.2, 0) is 22.7 Å². The molecule has 1 aliphatic rings. The van der Waals surface area contributed by atoms with Gasteiger partial charge in [0.15, 0.2) is 17.3 Å². The van der Waals surface area contributed by atoms with Gasteiger partial charge in [-0.25, -0.2) is 4.68 Å². The fourth-order valence-electron chi connectivity index (χ4n) is 4.33. The van der Waals surface area contributed by atoms with Gasteiger partial charge in [-0.3, -0.25) is 9.59 Å². The zero-order valence-corrected chi connectivity index (χ0v) is 24.8. The van der Waals surface area contributed by atoms with Crippen LogP contribution in [0.2, 0.25) is 0 Å². The van der Waals surface area contributed by atoms with Gasteiger partial charge < -0.3 is 28.8 Å². The Bertz CT molecular complexity index is 1500. The molecule has 0 saturated heterocycles. The summed E-state index contributed by atoms with van der Waals surface area (Å²) in [6.07, 6.45) is 3.93. The molecule has 1 aliphatic heterocycles. The lowest BCUT2D eigenvalue weighted by atomic mass is 10.1. The molecule has 1 aromatic heterocycles. The van der Waals surface area contributed by atoms with Crippen LogP contribution in [0.5, 0.6) is 23.0 Å². The Morgan fingerprint density at radius 3 is 2.52 bits per heavy atom. The Morgan fingerprint density at radius 2 is 1.83 bits per heavy atom. The number of thioether (sulfide) groups is 1. The molecule has 0 amide bonds. The van der Waals surface area contributed by atoms with E-state index >= 15 is 0 Å². The molecule has 0 saturated carbocycles. The number of ketones is 1. The monoisotopic (exact) mass is 595 g/mol. The Balaban J connectivity index is 1.36. The quantitative estimate of drug-likeness (QED) is 0.214. The van der Waals surface area contributed by atoms with E-state index in [9.17, 15) is 14.7 Å². The molecule has 0 bridgehead atoms. The third-order valence-electron chi connectivity index (χ3n) is 6.42. The summed E-state index contributed by atoms with van der Waals surface area (Å²) < 4.78 is 29.3. The Kier molecular flexibility index (Phi) is 10.3. The first-order valence-electron chi connectivity index (χ1n) is 13.1. The summed E-state index contributed by atoms with van der Waals surface area (Å²) in [4.78, 5) is 24.8. The van der Waals surface area contributed by atoms with Gasteiger partial charge in [-0.1, -0.05) is 35.2 Å². The van der Waals surface area contributed by atoms with Crippen LogP contribution in [0.1, 0.15) is 35.5 Å². The fraction of sp³-hybridized carbons (Fsp3) is 0.333. The van der Waals surface area contributed by atoms with Crippen LogP contribution in [0.25, 0.3) is 6.08 Å². The molecule has 1 N–H and O–H groups in total. The molecule has 4 rings (SSSR count). The average molecular weight is 596 g/mol. The highest BCUT2D eigenvalue weighted by molar-refractivity contribution is 8.15. The normalized spacial score (nSPS) is 15.7. The molecular weight excluding hydrogens is 562 g/mol. The first-order chi connectivity index (χ1) is 20.2. The van der Waals surface area contributed by atoms with E-state index in [0.717, 1.165) is 0 Å². The van der Waals surface area contributed by atoms with Gasteiger partial charge in [-0.05, 0) is 44.2 Å². The first kappa shape index (κ1) is 30.7. The van der Waals surface area contributed by atoms with Gasteiger partial charge in [-0.15, -0.1) is 5.10 Å². The minimum atomic E-state index is -0.846. The van der Waals surface area contributed by atoms with Crippen LogP contribution in [-0.4, -0.2) is 70.3 Å². The molecule has 3 aromatic rings. The topological polar surface area (TPSA) is 131 Å². The van der Waals surface area contributed by atoms with Crippen LogP contribution in [0.3, 0.4) is 0 Å². The van der Waals surface area contributed by atoms with E-state index < -0.39 is 6.10 Å². The van der Waals surface area contributed by atoms with E-state index in [1.54, 1.807) is 37.4 Å². The van der Waals surface area contributed by atoms with Crippen LogP contribution >= 0.6 is 11.8 Å². The van der Waals surface area contributed by atoms with Crippen molar-refractivity contribution in [1.82, 2.24) is 15.0 Å².